The van der Waals surface area contributed by atoms with Gasteiger partial charge in [0.05, 0.1) is 50.9 Å². The normalized spacial score (nSPS) is 16.5. The number of nitrogens with zero attached hydrogens (tertiary/aromatic N) is 1. The van der Waals surface area contributed by atoms with Crippen LogP contribution in [0.1, 0.15) is 44.4 Å². The number of benzene rings is 2. The summed E-state index contributed by atoms with van der Waals surface area (Å²) in [6.45, 7) is 2.33. The summed E-state index contributed by atoms with van der Waals surface area (Å²) in [6, 6.07) is 13.0. The molecule has 0 amide bonds. The third kappa shape index (κ3) is 5.23. The summed E-state index contributed by atoms with van der Waals surface area (Å²) in [6.07, 6.45) is 1.48. The number of aromatic hydroxyl groups is 1. The number of phenols is 1. The lowest BCUT2D eigenvalue weighted by Gasteiger charge is -2.25. The lowest BCUT2D eigenvalue weighted by atomic mass is 9.90. The van der Waals surface area contributed by atoms with Crippen molar-refractivity contribution >= 4 is 17.7 Å². The largest absolute Gasteiger partial charge is 0.508 e. The van der Waals surface area contributed by atoms with Gasteiger partial charge in [-0.05, 0) is 36.4 Å². The molecule has 2 aliphatic heterocycles. The third-order valence-electron chi connectivity index (χ3n) is 6.71. The van der Waals surface area contributed by atoms with Gasteiger partial charge in [0.25, 0.3) is 0 Å². The average molecular weight is 534 g/mol. The molecular weight excluding hydrogens is 506 g/mol. The zero-order chi connectivity index (χ0) is 27.5. The number of carbonyl (C=O) groups is 3. The van der Waals surface area contributed by atoms with Crippen molar-refractivity contribution in [2.75, 3.05) is 40.5 Å². The molecule has 202 valence electrons. The van der Waals surface area contributed by atoms with Gasteiger partial charge in [0.1, 0.15) is 23.0 Å². The molecule has 0 bridgehead atoms. The molecule has 5 rings (SSSR count). The Morgan fingerprint density at radius 1 is 1.03 bits per heavy atom. The second kappa shape index (κ2) is 11.0. The molecule has 0 radical (unpaired) electrons. The van der Waals surface area contributed by atoms with Crippen molar-refractivity contribution in [3.8, 4) is 22.8 Å². The van der Waals surface area contributed by atoms with E-state index in [0.717, 1.165) is 0 Å². The number of methoxy groups -OCH3 is 2. The van der Waals surface area contributed by atoms with Gasteiger partial charge in [0.2, 0.25) is 5.78 Å². The second-order valence-electron chi connectivity index (χ2n) is 9.05. The van der Waals surface area contributed by atoms with Crippen molar-refractivity contribution in [3.05, 3.63) is 82.9 Å². The minimum absolute atomic E-state index is 0.126. The molecule has 1 N–H and O–H groups in total. The molecule has 0 spiro atoms. The van der Waals surface area contributed by atoms with E-state index in [2.05, 4.69) is 0 Å². The fourth-order valence-corrected chi connectivity index (χ4v) is 4.64. The van der Waals surface area contributed by atoms with Crippen LogP contribution in [0.25, 0.3) is 11.3 Å². The number of rotatable bonds is 7. The smallest absolute Gasteiger partial charge is 0.337 e. The Hall–Kier alpha value is -4.57. The number of esters is 2. The summed E-state index contributed by atoms with van der Waals surface area (Å²) in [5.41, 5.74) is 1.61. The highest BCUT2D eigenvalue weighted by molar-refractivity contribution is 6.12. The lowest BCUT2D eigenvalue weighted by Crippen LogP contribution is -2.32. The van der Waals surface area contributed by atoms with Crippen LogP contribution in [0.15, 0.2) is 64.9 Å². The third-order valence-corrected chi connectivity index (χ3v) is 6.71. The van der Waals surface area contributed by atoms with Gasteiger partial charge >= 0.3 is 11.9 Å². The summed E-state index contributed by atoms with van der Waals surface area (Å²) in [4.78, 5) is 39.3. The number of phenolic OH excluding ortho intramolecular Hbond substituents is 1. The van der Waals surface area contributed by atoms with Crippen molar-refractivity contribution in [1.29, 1.82) is 0 Å². The van der Waals surface area contributed by atoms with Gasteiger partial charge in [-0.15, -0.1) is 0 Å². The minimum Gasteiger partial charge on any atom is -0.508 e. The maximum Gasteiger partial charge on any atom is 0.337 e. The van der Waals surface area contributed by atoms with Crippen molar-refractivity contribution in [2.45, 2.75) is 12.3 Å². The maximum absolute atomic E-state index is 13.2. The standard InChI is InChI=1S/C29H27NO9/c1-35-25(32)15-20(23-10-9-22(38-23)17-3-5-18(6-4-17)29(34)36-2)26-21(31)8-7-19-27(33)24(39-28(19)26)16-30-11-13-37-14-12-30/h3-10,16,20,31H,11-15H2,1-2H3/b24-16-/t20-/m1/s1. The van der Waals surface area contributed by atoms with Crippen molar-refractivity contribution in [3.63, 3.8) is 0 Å². The average Bonchev–Trinajstić information content (AvgIpc) is 3.57. The number of morpholine rings is 1. The molecule has 0 unspecified atom stereocenters. The van der Waals surface area contributed by atoms with Gasteiger partial charge in [-0.1, -0.05) is 12.1 Å². The first-order valence-corrected chi connectivity index (χ1v) is 12.4. The van der Waals surface area contributed by atoms with Gasteiger partial charge in [-0.3, -0.25) is 9.59 Å². The van der Waals surface area contributed by atoms with E-state index >= 15 is 0 Å². The predicted octanol–water partition coefficient (Wildman–Crippen LogP) is 3.88. The van der Waals surface area contributed by atoms with E-state index in [4.69, 9.17) is 23.4 Å². The highest BCUT2D eigenvalue weighted by atomic mass is 16.5. The van der Waals surface area contributed by atoms with Crippen LogP contribution in [0.4, 0.5) is 0 Å². The second-order valence-corrected chi connectivity index (χ2v) is 9.05. The number of Topliss-reactive ketones (excluding diaryl/α,β-unsaturated/α-hetero) is 1. The monoisotopic (exact) mass is 533 g/mol. The van der Waals surface area contributed by atoms with E-state index in [0.29, 0.717) is 49.0 Å². The van der Waals surface area contributed by atoms with Crippen molar-refractivity contribution in [2.24, 2.45) is 0 Å². The minimum atomic E-state index is -0.814. The number of hydrogen-bond donors (Lipinski definition) is 1. The molecule has 1 aromatic heterocycles. The molecule has 2 aliphatic rings. The molecule has 2 aromatic carbocycles. The first-order chi connectivity index (χ1) is 18.9. The summed E-state index contributed by atoms with van der Waals surface area (Å²) < 4.78 is 27.2. The topological polar surface area (TPSA) is 125 Å². The number of ether oxygens (including phenoxy) is 4. The fourth-order valence-electron chi connectivity index (χ4n) is 4.64. The Morgan fingerprint density at radius 2 is 1.77 bits per heavy atom. The van der Waals surface area contributed by atoms with Crippen LogP contribution in [0.3, 0.4) is 0 Å². The summed E-state index contributed by atoms with van der Waals surface area (Å²) in [5.74, 6) is -1.13. The number of allylic oxidation sites excluding steroid dienone is 1. The molecule has 3 aromatic rings. The maximum atomic E-state index is 13.2. The first kappa shape index (κ1) is 26.1. The van der Waals surface area contributed by atoms with Crippen molar-refractivity contribution < 1.29 is 42.9 Å². The number of hydrogen-bond acceptors (Lipinski definition) is 10. The number of furan rings is 1. The summed E-state index contributed by atoms with van der Waals surface area (Å²) in [7, 11) is 2.58. The first-order valence-electron chi connectivity index (χ1n) is 12.4. The van der Waals surface area contributed by atoms with Crippen LogP contribution in [-0.4, -0.2) is 68.3 Å². The zero-order valence-electron chi connectivity index (χ0n) is 21.5. The van der Waals surface area contributed by atoms with E-state index in [1.807, 2.05) is 4.90 Å². The highest BCUT2D eigenvalue weighted by Crippen LogP contribution is 2.47. The summed E-state index contributed by atoms with van der Waals surface area (Å²) >= 11 is 0. The highest BCUT2D eigenvalue weighted by Gasteiger charge is 2.37. The van der Waals surface area contributed by atoms with Gasteiger partial charge in [0.15, 0.2) is 5.76 Å². The van der Waals surface area contributed by atoms with Crippen LogP contribution < -0.4 is 4.74 Å². The van der Waals surface area contributed by atoms with Gasteiger partial charge in [-0.25, -0.2) is 4.79 Å². The molecule has 1 fully saturated rings. The van der Waals surface area contributed by atoms with Crippen LogP contribution in [0.2, 0.25) is 0 Å². The molecule has 10 heteroatoms. The molecule has 1 atom stereocenters. The molecule has 3 heterocycles. The Kier molecular flexibility index (Phi) is 7.38. The molecule has 10 nitrogen and oxygen atoms in total. The molecule has 39 heavy (non-hydrogen) atoms. The van der Waals surface area contributed by atoms with Crippen LogP contribution in [-0.2, 0) is 19.0 Å². The SMILES string of the molecule is COC(=O)C[C@H](c1ccc(-c2ccc(C(=O)OC)cc2)o1)c1c(O)ccc2c1O/C(=C\N1CCOCC1)C2=O. The van der Waals surface area contributed by atoms with E-state index < -0.39 is 17.9 Å². The van der Waals surface area contributed by atoms with Crippen LogP contribution >= 0.6 is 0 Å². The van der Waals surface area contributed by atoms with E-state index in [9.17, 15) is 19.5 Å². The Bertz CT molecular complexity index is 1430. The van der Waals surface area contributed by atoms with E-state index in [-0.39, 0.29) is 40.6 Å². The molecular formula is C29H27NO9. The van der Waals surface area contributed by atoms with Crippen molar-refractivity contribution in [1.82, 2.24) is 4.90 Å². The van der Waals surface area contributed by atoms with Gasteiger partial charge in [-0.2, -0.15) is 0 Å². The number of ketones is 1. The lowest BCUT2D eigenvalue weighted by molar-refractivity contribution is -0.140. The van der Waals surface area contributed by atoms with E-state index in [1.54, 1.807) is 42.6 Å². The summed E-state index contributed by atoms with van der Waals surface area (Å²) in [5, 5.41) is 10.9. The van der Waals surface area contributed by atoms with Gasteiger partial charge < -0.3 is 33.4 Å². The number of carbonyl (C=O) groups excluding carboxylic acids is 3. The fraction of sp³-hybridized carbons (Fsp3) is 0.276. The molecule has 0 aliphatic carbocycles. The zero-order valence-corrected chi connectivity index (χ0v) is 21.5. The predicted molar refractivity (Wildman–Crippen MR) is 137 cm³/mol. The Morgan fingerprint density at radius 3 is 2.46 bits per heavy atom. The van der Waals surface area contributed by atoms with Crippen LogP contribution in [0.5, 0.6) is 11.5 Å². The quantitative estimate of drug-likeness (QED) is 0.353. The van der Waals surface area contributed by atoms with E-state index in [1.165, 1.54) is 26.4 Å². The van der Waals surface area contributed by atoms with Gasteiger partial charge in [0, 0.05) is 30.4 Å². The Balaban J connectivity index is 1.51. The van der Waals surface area contributed by atoms with Crippen LogP contribution in [0, 0.1) is 0 Å². The number of fused-ring (bicyclic) bond motifs is 1. The molecule has 1 saturated heterocycles. The Labute approximate surface area is 224 Å². The molecule has 0 saturated carbocycles.